The van der Waals surface area contributed by atoms with Crippen molar-refractivity contribution in [1.29, 1.82) is 0 Å². The van der Waals surface area contributed by atoms with Gasteiger partial charge in [-0.1, -0.05) is 30.4 Å². The normalized spacial score (nSPS) is 17.7. The molecule has 0 aliphatic heterocycles. The molecular weight excluding hydrogens is 336 g/mol. The monoisotopic (exact) mass is 358 g/mol. The number of nitrogens with zero attached hydrogens (tertiary/aromatic N) is 1. The van der Waals surface area contributed by atoms with Crippen LogP contribution in [0.5, 0.6) is 0 Å². The minimum Gasteiger partial charge on any atom is -0.402 e. The molecule has 0 spiro atoms. The van der Waals surface area contributed by atoms with Crippen LogP contribution in [0.4, 0.5) is 0 Å². The fourth-order valence-corrected chi connectivity index (χ4v) is 3.09. The van der Waals surface area contributed by atoms with Crippen LogP contribution in [-0.2, 0) is 16.1 Å². The molecule has 0 saturated carbocycles. The fraction of sp³-hybridized carbons (Fsp3) is 0.316. The Kier molecular flexibility index (Phi) is 6.61. The van der Waals surface area contributed by atoms with Crippen LogP contribution < -0.4 is 11.3 Å². The average Bonchev–Trinajstić information content (AvgIpc) is 2.55. The number of allylic oxidation sites excluding steroid dienone is 4. The molecule has 0 bridgehead atoms. The van der Waals surface area contributed by atoms with Gasteiger partial charge in [0.15, 0.2) is 0 Å². The van der Waals surface area contributed by atoms with Crippen LogP contribution in [0, 0.1) is 0 Å². The lowest BCUT2D eigenvalue weighted by Crippen LogP contribution is -2.22. The van der Waals surface area contributed by atoms with Gasteiger partial charge in [-0.25, -0.2) is 0 Å². The molecule has 6 heteroatoms. The summed E-state index contributed by atoms with van der Waals surface area (Å²) in [4.78, 5) is 23.3. The second kappa shape index (κ2) is 8.69. The Labute approximate surface area is 152 Å². The number of carbonyl (C=O) groups excluding carboxylic acids is 1. The molecule has 1 unspecified atom stereocenters. The number of aromatic nitrogens is 1. The zero-order valence-corrected chi connectivity index (χ0v) is 15.2. The first-order valence-corrected chi connectivity index (χ1v) is 8.43. The molecule has 1 aromatic rings. The van der Waals surface area contributed by atoms with E-state index in [9.17, 15) is 9.59 Å². The first-order valence-electron chi connectivity index (χ1n) is 8.03. The summed E-state index contributed by atoms with van der Waals surface area (Å²) in [5, 5.41) is 0. The Morgan fingerprint density at radius 1 is 1.44 bits per heavy atom. The minimum absolute atomic E-state index is 0.0651. The zero-order valence-electron chi connectivity index (χ0n) is 14.4. The van der Waals surface area contributed by atoms with Crippen molar-refractivity contribution in [3.05, 3.63) is 63.7 Å². The highest BCUT2D eigenvalue weighted by Gasteiger charge is 2.12. The number of aldehydes is 1. The van der Waals surface area contributed by atoms with Crippen LogP contribution in [0.2, 0.25) is 0 Å². The van der Waals surface area contributed by atoms with E-state index in [2.05, 4.69) is 0 Å². The highest BCUT2D eigenvalue weighted by Crippen LogP contribution is 2.19. The molecule has 0 radical (unpaired) electrons. The molecule has 0 aromatic carbocycles. The highest BCUT2D eigenvalue weighted by molar-refractivity contribution is 7.81. The standard InChI is InChI=1S/C19H22N2O3S/c1-13(20)19(14(2)25)16-6-7-18(23)21(12-16)11-15-4-3-5-17(10-15)24-9-8-22/h3-4,6-8,10,12,17H,5,9,11,20H2,1-2H3/b19-13+. The maximum atomic E-state index is 12.2. The Morgan fingerprint density at radius 3 is 2.84 bits per heavy atom. The Bertz CT molecular complexity index is 814. The van der Waals surface area contributed by atoms with E-state index >= 15 is 0 Å². The number of nitrogens with two attached hydrogens (primary N) is 1. The number of pyridine rings is 1. The summed E-state index contributed by atoms with van der Waals surface area (Å²) in [6.45, 7) is 4.09. The molecule has 1 atom stereocenters. The topological polar surface area (TPSA) is 74.3 Å². The summed E-state index contributed by atoms with van der Waals surface area (Å²) in [6.07, 6.45) is 8.97. The molecule has 5 nitrogen and oxygen atoms in total. The first-order chi connectivity index (χ1) is 11.9. The summed E-state index contributed by atoms with van der Waals surface area (Å²) in [5.41, 5.74) is 9.02. The van der Waals surface area contributed by atoms with Gasteiger partial charge in [-0.15, -0.1) is 0 Å². The second-order valence-corrected chi connectivity index (χ2v) is 6.53. The molecule has 1 aromatic heterocycles. The van der Waals surface area contributed by atoms with Crippen molar-refractivity contribution in [3.8, 4) is 0 Å². The van der Waals surface area contributed by atoms with Crippen molar-refractivity contribution < 1.29 is 9.53 Å². The van der Waals surface area contributed by atoms with Gasteiger partial charge < -0.3 is 19.8 Å². The van der Waals surface area contributed by atoms with Gasteiger partial charge in [0.1, 0.15) is 12.9 Å². The average molecular weight is 358 g/mol. The summed E-state index contributed by atoms with van der Waals surface area (Å²) in [7, 11) is 0. The molecule has 25 heavy (non-hydrogen) atoms. The van der Waals surface area contributed by atoms with E-state index in [1.807, 2.05) is 25.2 Å². The Balaban J connectivity index is 2.29. The number of rotatable bonds is 7. The molecule has 2 rings (SSSR count). The van der Waals surface area contributed by atoms with E-state index in [1.54, 1.807) is 23.8 Å². The number of hydrogen-bond donors (Lipinski definition) is 1. The largest absolute Gasteiger partial charge is 0.402 e. The van der Waals surface area contributed by atoms with Crippen LogP contribution in [0.3, 0.4) is 0 Å². The van der Waals surface area contributed by atoms with Crippen molar-refractivity contribution in [2.75, 3.05) is 6.61 Å². The number of thiocarbonyl (C=S) groups is 1. The smallest absolute Gasteiger partial charge is 0.250 e. The molecule has 0 saturated heterocycles. The van der Waals surface area contributed by atoms with Crippen LogP contribution in [-0.4, -0.2) is 28.4 Å². The summed E-state index contributed by atoms with van der Waals surface area (Å²) in [5.74, 6) is 0. The van der Waals surface area contributed by atoms with Gasteiger partial charge in [-0.2, -0.15) is 0 Å². The van der Waals surface area contributed by atoms with E-state index < -0.39 is 0 Å². The summed E-state index contributed by atoms with van der Waals surface area (Å²) in [6, 6.07) is 3.26. The van der Waals surface area contributed by atoms with Gasteiger partial charge in [0.25, 0.3) is 5.56 Å². The quantitative estimate of drug-likeness (QED) is 0.460. The molecule has 1 aliphatic rings. The van der Waals surface area contributed by atoms with Crippen LogP contribution in [0.15, 0.2) is 52.6 Å². The molecule has 0 amide bonds. The molecule has 1 aliphatic carbocycles. The van der Waals surface area contributed by atoms with Crippen LogP contribution in [0.25, 0.3) is 5.57 Å². The van der Waals surface area contributed by atoms with Crippen molar-refractivity contribution >= 4 is 28.9 Å². The second-order valence-electron chi connectivity index (χ2n) is 5.92. The van der Waals surface area contributed by atoms with Crippen LogP contribution in [0.1, 0.15) is 25.8 Å². The lowest BCUT2D eigenvalue weighted by Gasteiger charge is -2.18. The molecule has 1 heterocycles. The third kappa shape index (κ3) is 5.08. The fourth-order valence-electron chi connectivity index (χ4n) is 2.81. The van der Waals surface area contributed by atoms with Gasteiger partial charge in [0.05, 0.1) is 12.6 Å². The van der Waals surface area contributed by atoms with E-state index in [-0.39, 0.29) is 18.3 Å². The van der Waals surface area contributed by atoms with Gasteiger partial charge in [-0.3, -0.25) is 4.79 Å². The molecule has 132 valence electrons. The van der Waals surface area contributed by atoms with Gasteiger partial charge in [0.2, 0.25) is 0 Å². The maximum Gasteiger partial charge on any atom is 0.250 e. The van der Waals surface area contributed by atoms with E-state index in [1.165, 1.54) is 6.07 Å². The zero-order chi connectivity index (χ0) is 18.4. The first kappa shape index (κ1) is 19.0. The lowest BCUT2D eigenvalue weighted by atomic mass is 10.0. The number of carbonyl (C=O) groups is 1. The van der Waals surface area contributed by atoms with Crippen molar-refractivity contribution in [2.45, 2.75) is 32.9 Å². The van der Waals surface area contributed by atoms with Gasteiger partial charge in [0, 0.05) is 34.0 Å². The summed E-state index contributed by atoms with van der Waals surface area (Å²) >= 11 is 5.28. The van der Waals surface area contributed by atoms with Gasteiger partial charge in [-0.05, 0) is 31.9 Å². The van der Waals surface area contributed by atoms with E-state index in [4.69, 9.17) is 22.7 Å². The number of hydrogen-bond acceptors (Lipinski definition) is 5. The van der Waals surface area contributed by atoms with Gasteiger partial charge >= 0.3 is 0 Å². The molecule has 0 fully saturated rings. The Hall–Kier alpha value is -2.31. The van der Waals surface area contributed by atoms with E-state index in [0.717, 1.165) is 29.4 Å². The van der Waals surface area contributed by atoms with Crippen molar-refractivity contribution in [3.63, 3.8) is 0 Å². The third-order valence-electron chi connectivity index (χ3n) is 3.85. The van der Waals surface area contributed by atoms with E-state index in [0.29, 0.717) is 17.1 Å². The van der Waals surface area contributed by atoms with Crippen molar-refractivity contribution in [2.24, 2.45) is 5.73 Å². The molecule has 2 N–H and O–H groups in total. The lowest BCUT2D eigenvalue weighted by molar-refractivity contribution is -0.112. The third-order valence-corrected chi connectivity index (χ3v) is 4.05. The summed E-state index contributed by atoms with van der Waals surface area (Å²) < 4.78 is 7.05. The predicted molar refractivity (Wildman–Crippen MR) is 103 cm³/mol. The number of ether oxygens (including phenoxy) is 1. The Morgan fingerprint density at radius 2 is 2.20 bits per heavy atom. The highest BCUT2D eigenvalue weighted by atomic mass is 32.1. The maximum absolute atomic E-state index is 12.2. The molecular formula is C19H22N2O3S. The van der Waals surface area contributed by atoms with Crippen LogP contribution >= 0.6 is 12.2 Å². The van der Waals surface area contributed by atoms with Crippen molar-refractivity contribution in [1.82, 2.24) is 4.57 Å². The predicted octanol–water partition coefficient (Wildman–Crippen LogP) is 2.40. The minimum atomic E-state index is -0.144. The SMILES string of the molecule is CC(=S)/C(=C(/C)N)c1ccc(=O)n(CC2=CC(OCC=O)CC=C2)c1.